The summed E-state index contributed by atoms with van der Waals surface area (Å²) in [5.41, 5.74) is 2.13. The molecule has 2 aromatic carbocycles. The Morgan fingerprint density at radius 1 is 1.10 bits per heavy atom. The molecule has 0 aliphatic carbocycles. The Morgan fingerprint density at radius 2 is 1.85 bits per heavy atom. The largest absolute Gasteiger partial charge is 0.380 e. The van der Waals surface area contributed by atoms with Crippen LogP contribution in [0.25, 0.3) is 0 Å². The number of nitrogens with one attached hydrogen (secondary N) is 1. The SMILES string of the molecule is COCc1ccccc1NC(C)c1cccc(F)c1F. The van der Waals surface area contributed by atoms with Gasteiger partial charge in [0.15, 0.2) is 11.6 Å². The molecular formula is C16H17F2NO. The smallest absolute Gasteiger partial charge is 0.164 e. The summed E-state index contributed by atoms with van der Waals surface area (Å²) in [7, 11) is 1.62. The molecular weight excluding hydrogens is 260 g/mol. The first-order valence-electron chi connectivity index (χ1n) is 6.40. The Hall–Kier alpha value is -1.94. The van der Waals surface area contributed by atoms with E-state index in [0.717, 1.165) is 17.3 Å². The molecule has 4 heteroatoms. The molecule has 1 atom stereocenters. The molecule has 2 nitrogen and oxygen atoms in total. The number of methoxy groups -OCH3 is 1. The maximum atomic E-state index is 13.8. The van der Waals surface area contributed by atoms with Crippen LogP contribution in [0.4, 0.5) is 14.5 Å². The molecule has 0 spiro atoms. The summed E-state index contributed by atoms with van der Waals surface area (Å²) in [5.74, 6) is -1.64. The topological polar surface area (TPSA) is 21.3 Å². The predicted octanol–water partition coefficient (Wildman–Crippen LogP) is 4.28. The van der Waals surface area contributed by atoms with E-state index in [9.17, 15) is 8.78 Å². The first-order chi connectivity index (χ1) is 9.63. The minimum atomic E-state index is -0.832. The van der Waals surface area contributed by atoms with E-state index in [4.69, 9.17) is 4.74 Å². The molecule has 0 bridgehead atoms. The van der Waals surface area contributed by atoms with Crippen molar-refractivity contribution in [3.63, 3.8) is 0 Å². The lowest BCUT2D eigenvalue weighted by atomic mass is 10.1. The summed E-state index contributed by atoms with van der Waals surface area (Å²) >= 11 is 0. The number of ether oxygens (including phenoxy) is 1. The van der Waals surface area contributed by atoms with Crippen LogP contribution in [0.15, 0.2) is 42.5 Å². The second-order valence-corrected chi connectivity index (χ2v) is 4.60. The van der Waals surface area contributed by atoms with E-state index in [1.165, 1.54) is 6.07 Å². The van der Waals surface area contributed by atoms with Gasteiger partial charge in [-0.25, -0.2) is 8.78 Å². The maximum Gasteiger partial charge on any atom is 0.164 e. The predicted molar refractivity (Wildman–Crippen MR) is 75.6 cm³/mol. The van der Waals surface area contributed by atoms with Crippen molar-refractivity contribution in [3.05, 3.63) is 65.2 Å². The number of anilines is 1. The van der Waals surface area contributed by atoms with Crippen LogP contribution in [0.1, 0.15) is 24.1 Å². The normalized spacial score (nSPS) is 12.2. The zero-order valence-corrected chi connectivity index (χ0v) is 11.5. The van der Waals surface area contributed by atoms with E-state index in [-0.39, 0.29) is 6.04 Å². The van der Waals surface area contributed by atoms with Crippen molar-refractivity contribution in [2.45, 2.75) is 19.6 Å². The first kappa shape index (κ1) is 14.5. The second kappa shape index (κ2) is 6.48. The number of hydrogen-bond donors (Lipinski definition) is 1. The molecule has 0 fully saturated rings. The zero-order chi connectivity index (χ0) is 14.5. The molecule has 20 heavy (non-hydrogen) atoms. The lowest BCUT2D eigenvalue weighted by molar-refractivity contribution is 0.185. The molecule has 1 unspecified atom stereocenters. The van der Waals surface area contributed by atoms with Gasteiger partial charge in [0.25, 0.3) is 0 Å². The van der Waals surface area contributed by atoms with Crippen molar-refractivity contribution < 1.29 is 13.5 Å². The van der Waals surface area contributed by atoms with Crippen LogP contribution >= 0.6 is 0 Å². The Kier molecular flexibility index (Phi) is 4.69. The third-order valence-electron chi connectivity index (χ3n) is 3.14. The second-order valence-electron chi connectivity index (χ2n) is 4.60. The highest BCUT2D eigenvalue weighted by Gasteiger charge is 2.15. The van der Waals surface area contributed by atoms with Crippen LogP contribution in [0.2, 0.25) is 0 Å². The molecule has 0 aliphatic rings. The highest BCUT2D eigenvalue weighted by Crippen LogP contribution is 2.25. The maximum absolute atomic E-state index is 13.8. The van der Waals surface area contributed by atoms with E-state index in [1.807, 2.05) is 24.3 Å². The molecule has 0 aliphatic heterocycles. The molecule has 2 rings (SSSR count). The average Bonchev–Trinajstić information content (AvgIpc) is 2.44. The van der Waals surface area contributed by atoms with Gasteiger partial charge in [-0.1, -0.05) is 30.3 Å². The van der Waals surface area contributed by atoms with Crippen molar-refractivity contribution in [3.8, 4) is 0 Å². The highest BCUT2D eigenvalue weighted by atomic mass is 19.2. The summed E-state index contributed by atoms with van der Waals surface area (Å²) in [4.78, 5) is 0. The minimum absolute atomic E-state index is 0.303. The third-order valence-corrected chi connectivity index (χ3v) is 3.14. The van der Waals surface area contributed by atoms with E-state index >= 15 is 0 Å². The van der Waals surface area contributed by atoms with E-state index in [1.54, 1.807) is 20.1 Å². The lowest BCUT2D eigenvalue weighted by Crippen LogP contribution is -2.11. The fourth-order valence-electron chi connectivity index (χ4n) is 2.11. The van der Waals surface area contributed by atoms with Gasteiger partial charge in [0.2, 0.25) is 0 Å². The third kappa shape index (κ3) is 3.14. The van der Waals surface area contributed by atoms with Gasteiger partial charge in [-0.05, 0) is 19.1 Å². The molecule has 0 radical (unpaired) electrons. The molecule has 0 saturated carbocycles. The van der Waals surface area contributed by atoms with Gasteiger partial charge in [0.1, 0.15) is 0 Å². The summed E-state index contributed by atoms with van der Waals surface area (Å²) < 4.78 is 32.1. The van der Waals surface area contributed by atoms with Gasteiger partial charge >= 0.3 is 0 Å². The van der Waals surface area contributed by atoms with Gasteiger partial charge in [0, 0.05) is 23.9 Å². The van der Waals surface area contributed by atoms with Crippen LogP contribution in [-0.4, -0.2) is 7.11 Å². The van der Waals surface area contributed by atoms with Crippen molar-refractivity contribution >= 4 is 5.69 Å². The number of benzene rings is 2. The standard InChI is InChI=1S/C16H17F2NO/c1-11(13-7-5-8-14(17)16(13)18)19-15-9-4-3-6-12(15)10-20-2/h3-9,11,19H,10H2,1-2H3. The quantitative estimate of drug-likeness (QED) is 0.880. The van der Waals surface area contributed by atoms with Crippen LogP contribution in [-0.2, 0) is 11.3 Å². The van der Waals surface area contributed by atoms with E-state index in [0.29, 0.717) is 12.2 Å². The van der Waals surface area contributed by atoms with Crippen molar-refractivity contribution in [2.24, 2.45) is 0 Å². The Labute approximate surface area is 117 Å². The lowest BCUT2D eigenvalue weighted by Gasteiger charge is -2.19. The van der Waals surface area contributed by atoms with Crippen molar-refractivity contribution in [1.82, 2.24) is 0 Å². The van der Waals surface area contributed by atoms with Crippen LogP contribution in [0.3, 0.4) is 0 Å². The highest BCUT2D eigenvalue weighted by molar-refractivity contribution is 5.52. The van der Waals surface area contributed by atoms with Gasteiger partial charge < -0.3 is 10.1 Å². The molecule has 0 saturated heterocycles. The molecule has 0 aromatic heterocycles. The monoisotopic (exact) mass is 277 g/mol. The number of para-hydroxylation sites is 1. The minimum Gasteiger partial charge on any atom is -0.380 e. The van der Waals surface area contributed by atoms with Crippen LogP contribution < -0.4 is 5.32 Å². The van der Waals surface area contributed by atoms with Gasteiger partial charge in [0.05, 0.1) is 12.6 Å². The summed E-state index contributed by atoms with van der Waals surface area (Å²) in [5, 5.41) is 3.19. The van der Waals surface area contributed by atoms with E-state index in [2.05, 4.69) is 5.32 Å². The average molecular weight is 277 g/mol. The Bertz CT molecular complexity index is 586. The molecule has 2 aromatic rings. The number of halogens is 2. The fraction of sp³-hybridized carbons (Fsp3) is 0.250. The molecule has 0 heterocycles. The Balaban J connectivity index is 2.23. The molecule has 106 valence electrons. The van der Waals surface area contributed by atoms with Crippen molar-refractivity contribution in [1.29, 1.82) is 0 Å². The van der Waals surface area contributed by atoms with Gasteiger partial charge in [-0.3, -0.25) is 0 Å². The molecule has 0 amide bonds. The summed E-state index contributed by atoms with van der Waals surface area (Å²) in [6.45, 7) is 2.25. The number of hydrogen-bond acceptors (Lipinski definition) is 2. The Morgan fingerprint density at radius 3 is 2.60 bits per heavy atom. The van der Waals surface area contributed by atoms with Crippen molar-refractivity contribution in [2.75, 3.05) is 12.4 Å². The molecule has 1 N–H and O–H groups in total. The number of rotatable bonds is 5. The van der Waals surface area contributed by atoms with Gasteiger partial charge in [-0.15, -0.1) is 0 Å². The summed E-state index contributed by atoms with van der Waals surface area (Å²) in [6, 6.07) is 11.5. The fourth-order valence-corrected chi connectivity index (χ4v) is 2.11. The zero-order valence-electron chi connectivity index (χ0n) is 11.5. The van der Waals surface area contributed by atoms with Gasteiger partial charge in [-0.2, -0.15) is 0 Å². The summed E-state index contributed by atoms with van der Waals surface area (Å²) in [6.07, 6.45) is 0. The van der Waals surface area contributed by atoms with Crippen LogP contribution in [0, 0.1) is 11.6 Å². The van der Waals surface area contributed by atoms with E-state index < -0.39 is 11.6 Å². The first-order valence-corrected chi connectivity index (χ1v) is 6.40. The van der Waals surface area contributed by atoms with Crippen LogP contribution in [0.5, 0.6) is 0 Å².